The van der Waals surface area contributed by atoms with Gasteiger partial charge in [-0.3, -0.25) is 0 Å². The topological polar surface area (TPSA) is 116 Å². The van der Waals surface area contributed by atoms with Gasteiger partial charge >= 0.3 is 0 Å². The van der Waals surface area contributed by atoms with Crippen LogP contribution in [0.15, 0.2) is 105 Å². The number of benzene rings is 4. The quantitative estimate of drug-likeness (QED) is 0.118. The molecular weight excluding hydrogens is 951 g/mol. The van der Waals surface area contributed by atoms with E-state index < -0.39 is 20.0 Å². The Hall–Kier alpha value is -3.48. The molecule has 62 heavy (non-hydrogen) atoms. The monoisotopic (exact) mass is 992 g/mol. The molecule has 8 rings (SSSR count). The smallest absolute Gasteiger partial charge is 0.243 e. The molecule has 2 aliphatic heterocycles. The van der Waals surface area contributed by atoms with E-state index in [1.54, 1.807) is 22.7 Å². The van der Waals surface area contributed by atoms with Gasteiger partial charge in [0.25, 0.3) is 0 Å². The summed E-state index contributed by atoms with van der Waals surface area (Å²) in [6.45, 7) is 8.60. The summed E-state index contributed by atoms with van der Waals surface area (Å²) in [5.41, 5.74) is 5.30. The second-order valence-corrected chi connectivity index (χ2v) is 21.5. The van der Waals surface area contributed by atoms with Gasteiger partial charge < -0.3 is 14.5 Å². The maximum absolute atomic E-state index is 12.9. The van der Waals surface area contributed by atoms with Crippen molar-refractivity contribution in [2.24, 2.45) is 0 Å². The Morgan fingerprint density at radius 3 is 1.37 bits per heavy atom. The number of nitrogens with zero attached hydrogens (tertiary/aromatic N) is 6. The lowest BCUT2D eigenvalue weighted by molar-refractivity contribution is 0.340. The first-order valence-electron chi connectivity index (χ1n) is 19.9. The van der Waals surface area contributed by atoms with Crippen LogP contribution in [0.1, 0.15) is 25.8 Å². The lowest BCUT2D eigenvalue weighted by Gasteiger charge is -2.33. The highest BCUT2D eigenvalue weighted by atomic mass is 35.5. The first kappa shape index (κ1) is 46.5. The molecule has 2 saturated heterocycles. The minimum atomic E-state index is -3.62. The molecule has 0 N–H and O–H groups in total. The number of anilines is 2. The molecule has 2 fully saturated rings. The molecule has 0 aliphatic carbocycles. The minimum Gasteiger partial charge on any atom is -0.494 e. The van der Waals surface area contributed by atoms with E-state index in [1.165, 1.54) is 50.6 Å². The van der Waals surface area contributed by atoms with Crippen LogP contribution < -0.4 is 14.5 Å². The van der Waals surface area contributed by atoms with Gasteiger partial charge in [-0.1, -0.05) is 84.0 Å². The second kappa shape index (κ2) is 20.6. The number of rotatable bonds is 12. The van der Waals surface area contributed by atoms with Gasteiger partial charge in [0.2, 0.25) is 20.0 Å². The third kappa shape index (κ3) is 10.9. The summed E-state index contributed by atoms with van der Waals surface area (Å²) >= 11 is 27.0. The molecule has 0 unspecified atom stereocenters. The van der Waals surface area contributed by atoms with Gasteiger partial charge in [0.1, 0.15) is 5.75 Å². The number of hydrogen-bond donors (Lipinski definition) is 0. The normalized spacial score (nSPS) is 15.3. The predicted octanol–water partition coefficient (Wildman–Crippen LogP) is 10.6. The van der Waals surface area contributed by atoms with Crippen LogP contribution in [0.2, 0.25) is 20.1 Å². The Labute approximate surface area is 391 Å². The van der Waals surface area contributed by atoms with E-state index in [4.69, 9.17) is 61.1 Å². The van der Waals surface area contributed by atoms with Crippen molar-refractivity contribution in [3.63, 3.8) is 0 Å². The molecule has 2 aromatic heterocycles. The molecule has 0 spiro atoms. The van der Waals surface area contributed by atoms with Gasteiger partial charge in [-0.15, -0.1) is 22.7 Å². The first-order chi connectivity index (χ1) is 29.8. The number of aryl methyl sites for hydroxylation is 1. The SMILES string of the molecule is CCCc1ccc(-c2csc(N3CCN(S(=O)(=O)c4ccc(Cl)c(Cl)c4)CC3)n2)cc1.CCOc1ccc(-c2csc(N3CCN(S(=O)(=O)c4ccc(Cl)c(Cl)c4)CC3)n2)cc1. The average Bonchev–Trinajstić information content (AvgIpc) is 3.99. The predicted molar refractivity (Wildman–Crippen MR) is 255 cm³/mol. The fourth-order valence-electron chi connectivity index (χ4n) is 6.92. The van der Waals surface area contributed by atoms with Crippen molar-refractivity contribution in [1.82, 2.24) is 18.6 Å². The maximum Gasteiger partial charge on any atom is 0.243 e. The summed E-state index contributed by atoms with van der Waals surface area (Å²) in [4.78, 5) is 14.1. The number of halogens is 4. The summed E-state index contributed by atoms with van der Waals surface area (Å²) in [6, 6.07) is 25.2. The highest BCUT2D eigenvalue weighted by Gasteiger charge is 2.31. The van der Waals surface area contributed by atoms with Crippen LogP contribution in [0.4, 0.5) is 10.3 Å². The van der Waals surface area contributed by atoms with E-state index in [2.05, 4.69) is 46.4 Å². The Kier molecular flexibility index (Phi) is 15.4. The molecular formula is C43H44Cl4N6O5S4. The van der Waals surface area contributed by atoms with Crippen LogP contribution in [-0.4, -0.2) is 94.4 Å². The van der Waals surface area contributed by atoms with E-state index in [0.717, 1.165) is 51.4 Å². The largest absolute Gasteiger partial charge is 0.494 e. The number of hydrogen-bond acceptors (Lipinski definition) is 11. The van der Waals surface area contributed by atoms with E-state index in [0.29, 0.717) is 69.0 Å². The number of sulfonamides is 2. The van der Waals surface area contributed by atoms with Gasteiger partial charge in [-0.25, -0.2) is 26.8 Å². The number of aromatic nitrogens is 2. The molecule has 11 nitrogen and oxygen atoms in total. The molecule has 6 aromatic rings. The summed E-state index contributed by atoms with van der Waals surface area (Å²) in [5, 5.41) is 7.01. The first-order valence-corrected chi connectivity index (χ1v) is 26.1. The average molecular weight is 995 g/mol. The van der Waals surface area contributed by atoms with Crippen molar-refractivity contribution >= 4 is 99.4 Å². The molecule has 0 amide bonds. The molecule has 0 atom stereocenters. The van der Waals surface area contributed by atoms with Crippen molar-refractivity contribution < 1.29 is 21.6 Å². The Morgan fingerprint density at radius 1 is 0.565 bits per heavy atom. The van der Waals surface area contributed by atoms with Crippen molar-refractivity contribution in [1.29, 1.82) is 0 Å². The summed E-state index contributed by atoms with van der Waals surface area (Å²) in [7, 11) is -7.23. The van der Waals surface area contributed by atoms with E-state index >= 15 is 0 Å². The van der Waals surface area contributed by atoms with Crippen LogP contribution in [0, 0.1) is 0 Å². The Morgan fingerprint density at radius 2 is 0.984 bits per heavy atom. The highest BCUT2D eigenvalue weighted by molar-refractivity contribution is 7.89. The van der Waals surface area contributed by atoms with Gasteiger partial charge in [0, 0.05) is 74.2 Å². The zero-order valence-electron chi connectivity index (χ0n) is 33.9. The van der Waals surface area contributed by atoms with Gasteiger partial charge in [-0.05, 0) is 79.6 Å². The molecule has 0 bridgehead atoms. The minimum absolute atomic E-state index is 0.155. The van der Waals surface area contributed by atoms with Crippen LogP contribution in [0.3, 0.4) is 0 Å². The number of thiazole rings is 2. The zero-order chi connectivity index (χ0) is 44.0. The Balaban J connectivity index is 0.000000186. The fourth-order valence-corrected chi connectivity index (χ4v) is 12.3. The van der Waals surface area contributed by atoms with Crippen molar-refractivity contribution in [2.45, 2.75) is 36.5 Å². The lowest BCUT2D eigenvalue weighted by atomic mass is 10.1. The molecule has 4 heterocycles. The van der Waals surface area contributed by atoms with Crippen LogP contribution >= 0.6 is 69.1 Å². The van der Waals surface area contributed by atoms with Crippen LogP contribution in [-0.2, 0) is 26.5 Å². The summed E-state index contributed by atoms with van der Waals surface area (Å²) < 4.78 is 60.2. The van der Waals surface area contributed by atoms with E-state index in [9.17, 15) is 16.8 Å². The van der Waals surface area contributed by atoms with E-state index in [1.807, 2.05) is 36.6 Å². The lowest BCUT2D eigenvalue weighted by Crippen LogP contribution is -2.48. The Bertz CT molecular complexity index is 2500. The molecule has 328 valence electrons. The van der Waals surface area contributed by atoms with Crippen molar-refractivity contribution in [3.05, 3.63) is 121 Å². The van der Waals surface area contributed by atoms with Gasteiger partial charge in [0.05, 0.1) is 47.9 Å². The summed E-state index contributed by atoms with van der Waals surface area (Å²) in [5.74, 6) is 0.834. The number of ether oxygens (including phenoxy) is 1. The summed E-state index contributed by atoms with van der Waals surface area (Å²) in [6.07, 6.45) is 2.21. The van der Waals surface area contributed by atoms with Crippen molar-refractivity contribution in [2.75, 3.05) is 68.8 Å². The highest BCUT2D eigenvalue weighted by Crippen LogP contribution is 2.33. The van der Waals surface area contributed by atoms with Crippen molar-refractivity contribution in [3.8, 4) is 28.3 Å². The van der Waals surface area contributed by atoms with Gasteiger partial charge in [0.15, 0.2) is 10.3 Å². The molecule has 2 aliphatic rings. The number of piperazine rings is 2. The molecule has 0 saturated carbocycles. The molecule has 19 heteroatoms. The molecule has 0 radical (unpaired) electrons. The maximum atomic E-state index is 12.9. The van der Waals surface area contributed by atoms with E-state index in [-0.39, 0.29) is 19.8 Å². The van der Waals surface area contributed by atoms with Crippen LogP contribution in [0.25, 0.3) is 22.5 Å². The second-order valence-electron chi connectivity index (χ2n) is 14.4. The van der Waals surface area contributed by atoms with Crippen LogP contribution in [0.5, 0.6) is 5.75 Å². The zero-order valence-corrected chi connectivity index (χ0v) is 40.2. The van der Waals surface area contributed by atoms with Gasteiger partial charge in [-0.2, -0.15) is 8.61 Å². The fraction of sp³-hybridized carbons (Fsp3) is 0.302. The standard InChI is InChI=1S/C22H23Cl2N3O2S2.C21H21Cl2N3O3S2/c1-2-3-16-4-6-17(7-5-16)21-15-30-22(25-21)26-10-12-27(13-11-26)31(28,29)18-8-9-19(23)20(24)14-18;1-2-29-16-5-3-15(4-6-16)20-14-30-21(24-20)25-9-11-26(12-10-25)31(27,28)17-7-8-18(22)19(23)13-17/h4-9,14-15H,2-3,10-13H2,1H3;3-8,13-14H,2,9-12H2,1H3. The third-order valence-electron chi connectivity index (χ3n) is 10.3. The third-order valence-corrected chi connectivity index (χ3v) is 17.4. The molecule has 4 aromatic carbocycles.